The molecule has 0 aromatic heterocycles. The number of aliphatic carboxylic acids is 3. The molecule has 0 aliphatic rings. The fraction of sp³-hybridized carbons (Fsp3) is 0.500. The number of carboxylic acids is 3. The van der Waals surface area contributed by atoms with Gasteiger partial charge in [0.1, 0.15) is 0 Å². The summed E-state index contributed by atoms with van der Waals surface area (Å²) >= 11 is 0. The van der Waals surface area contributed by atoms with Gasteiger partial charge in [-0.15, -0.1) is 0 Å². The summed E-state index contributed by atoms with van der Waals surface area (Å²) in [4.78, 5) is 63.1. The normalized spacial score (nSPS) is 13.6. The average molecular weight is 392 g/mol. The number of hydrogen-bond acceptors (Lipinski definition) is 8. The molecule has 14 nitrogen and oxygen atoms in total. The van der Waals surface area contributed by atoms with Gasteiger partial charge in [-0.05, 0) is 0 Å². The molecule has 0 fully saturated rings. The molecule has 0 bridgehead atoms. The molecule has 0 aliphatic carbocycles. The van der Waals surface area contributed by atoms with Gasteiger partial charge in [0, 0.05) is 0 Å². The Morgan fingerprint density at radius 2 is 1.26 bits per heavy atom. The average Bonchev–Trinajstić information content (AvgIpc) is 2.08. The molecule has 23 heavy (non-hydrogen) atoms. The van der Waals surface area contributed by atoms with Crippen molar-refractivity contribution in [3.05, 3.63) is 0 Å². The summed E-state index contributed by atoms with van der Waals surface area (Å²) in [5, 5.41) is 33.8. The number of hydrogen-bond donors (Lipinski definition) is 7. The largest absolute Gasteiger partial charge is 1.00 e. The van der Waals surface area contributed by atoms with Gasteiger partial charge in [0.2, 0.25) is 0 Å². The number of carbonyl (C=O) groups is 3. The summed E-state index contributed by atoms with van der Waals surface area (Å²) in [6.07, 6.45) is -2.29. The molecular weight excluding hydrogens is 381 g/mol. The van der Waals surface area contributed by atoms with E-state index in [1.807, 2.05) is 0 Å². The Balaban J connectivity index is -0.000000354. The molecule has 0 saturated carbocycles. The van der Waals surface area contributed by atoms with Gasteiger partial charge in [-0.25, -0.2) is 13.7 Å². The molecule has 7 N–H and O–H groups in total. The van der Waals surface area contributed by atoms with Crippen LogP contribution in [0, 0.1) is 0 Å². The monoisotopic (exact) mass is 392 g/mol. The molecular formula is C6H11NaO14P2. The molecule has 130 valence electrons. The van der Waals surface area contributed by atoms with Crippen molar-refractivity contribution in [2.24, 2.45) is 0 Å². The smallest absolute Gasteiger partial charge is 0.756 e. The topological polar surface area (TPSA) is 259 Å². The van der Waals surface area contributed by atoms with E-state index in [0.717, 1.165) is 0 Å². The zero-order valence-electron chi connectivity index (χ0n) is 11.3. The summed E-state index contributed by atoms with van der Waals surface area (Å²) in [7, 11) is -10.4. The Morgan fingerprint density at radius 1 is 0.957 bits per heavy atom. The van der Waals surface area contributed by atoms with E-state index in [9.17, 15) is 28.4 Å². The van der Waals surface area contributed by atoms with Crippen LogP contribution in [0.2, 0.25) is 0 Å². The van der Waals surface area contributed by atoms with E-state index in [0.29, 0.717) is 0 Å². The standard InChI is InChI=1S/C6H8O7.Na.H4O7P2/c7-3(8)1-6(13,5(11)12)2-4(9)10;;1-8(2,3)7-9(4,5)6/h13H,1-2H2,(H,7,8)(H,9,10)(H,11,12);;(H2,1,2,3)(H2,4,5,6)/q;+1;/p-1. The molecule has 0 radical (unpaired) electrons. The van der Waals surface area contributed by atoms with Crippen molar-refractivity contribution in [2.45, 2.75) is 18.4 Å². The van der Waals surface area contributed by atoms with Crippen molar-refractivity contribution in [3.8, 4) is 0 Å². The Morgan fingerprint density at radius 3 is 1.35 bits per heavy atom. The van der Waals surface area contributed by atoms with Crippen LogP contribution < -0.4 is 34.5 Å². The van der Waals surface area contributed by atoms with Gasteiger partial charge in [-0.3, -0.25) is 14.2 Å². The predicted molar refractivity (Wildman–Crippen MR) is 60.0 cm³/mol. The predicted octanol–water partition coefficient (Wildman–Crippen LogP) is -5.69. The molecule has 0 saturated heterocycles. The van der Waals surface area contributed by atoms with Crippen LogP contribution in [0.5, 0.6) is 0 Å². The van der Waals surface area contributed by atoms with E-state index in [1.54, 1.807) is 0 Å². The van der Waals surface area contributed by atoms with E-state index in [4.69, 9.17) is 35.1 Å². The summed E-state index contributed by atoms with van der Waals surface area (Å²) in [6.45, 7) is 0. The molecule has 0 rings (SSSR count). The van der Waals surface area contributed by atoms with Gasteiger partial charge in [0.25, 0.3) is 7.82 Å². The SMILES string of the molecule is O=C(O)CC(O)(CC(=O)O)C(=O)O.O=P([O-])(O)OP(=O)(O)O.[Na+]. The zero-order valence-corrected chi connectivity index (χ0v) is 15.1. The van der Waals surface area contributed by atoms with E-state index in [-0.39, 0.29) is 29.6 Å². The van der Waals surface area contributed by atoms with Gasteiger partial charge in [0.05, 0.1) is 12.8 Å². The van der Waals surface area contributed by atoms with Crippen LogP contribution in [0.25, 0.3) is 0 Å². The van der Waals surface area contributed by atoms with Crippen LogP contribution in [0.4, 0.5) is 0 Å². The number of phosphoric acid groups is 2. The first-order chi connectivity index (χ1) is 9.48. The first kappa shape index (κ1) is 27.5. The van der Waals surface area contributed by atoms with Crippen molar-refractivity contribution in [2.75, 3.05) is 0 Å². The van der Waals surface area contributed by atoms with Crippen molar-refractivity contribution < 1.29 is 97.4 Å². The van der Waals surface area contributed by atoms with Crippen LogP contribution in [-0.2, 0) is 27.8 Å². The second kappa shape index (κ2) is 10.5. The maximum atomic E-state index is 10.3. The fourth-order valence-electron chi connectivity index (χ4n) is 0.848. The molecule has 1 unspecified atom stereocenters. The minimum atomic E-state index is -5.30. The molecule has 17 heteroatoms. The molecule has 0 amide bonds. The third-order valence-corrected chi connectivity index (χ3v) is 3.17. The van der Waals surface area contributed by atoms with Crippen molar-refractivity contribution >= 4 is 33.6 Å². The Labute approximate surface area is 149 Å². The minimum absolute atomic E-state index is 0. The van der Waals surface area contributed by atoms with Crippen molar-refractivity contribution in [1.29, 1.82) is 0 Å². The van der Waals surface area contributed by atoms with E-state index in [1.165, 1.54) is 0 Å². The first-order valence-corrected chi connectivity index (χ1v) is 7.71. The Kier molecular flexibility index (Phi) is 12.5. The molecule has 0 aliphatic heterocycles. The maximum absolute atomic E-state index is 10.3. The van der Waals surface area contributed by atoms with Crippen LogP contribution in [0.15, 0.2) is 0 Å². The number of aliphatic hydroxyl groups is 1. The maximum Gasteiger partial charge on any atom is 1.00 e. The van der Waals surface area contributed by atoms with Crippen LogP contribution >= 0.6 is 15.6 Å². The number of carboxylic acid groups (broad SMARTS) is 3. The van der Waals surface area contributed by atoms with Gasteiger partial charge in [-0.1, -0.05) is 0 Å². The van der Waals surface area contributed by atoms with E-state index < -0.39 is 52.0 Å². The molecule has 0 heterocycles. The fourth-order valence-corrected chi connectivity index (χ4v) is 1.92. The minimum Gasteiger partial charge on any atom is -0.756 e. The van der Waals surface area contributed by atoms with Crippen LogP contribution in [0.1, 0.15) is 12.8 Å². The summed E-state index contributed by atoms with van der Waals surface area (Å²) in [5.74, 6) is -5.02. The first-order valence-electron chi connectivity index (χ1n) is 4.68. The summed E-state index contributed by atoms with van der Waals surface area (Å²) in [6, 6.07) is 0. The van der Waals surface area contributed by atoms with Crippen molar-refractivity contribution in [1.82, 2.24) is 0 Å². The summed E-state index contributed by atoms with van der Waals surface area (Å²) in [5.41, 5.74) is -2.74. The third-order valence-electron chi connectivity index (χ3n) is 1.49. The molecule has 0 spiro atoms. The molecule has 0 aromatic rings. The molecule has 0 aromatic carbocycles. The van der Waals surface area contributed by atoms with Gasteiger partial charge < -0.3 is 40.0 Å². The quantitative estimate of drug-likeness (QED) is 0.157. The van der Waals surface area contributed by atoms with Crippen LogP contribution in [-0.4, -0.2) is 58.6 Å². The Hall–Kier alpha value is -0.370. The van der Waals surface area contributed by atoms with E-state index in [2.05, 4.69) is 4.31 Å². The molecule has 1 atom stereocenters. The van der Waals surface area contributed by atoms with Gasteiger partial charge >= 0.3 is 55.3 Å². The second-order valence-electron chi connectivity index (χ2n) is 3.52. The Bertz CT molecular complexity index is 481. The van der Waals surface area contributed by atoms with Gasteiger partial charge in [-0.2, -0.15) is 0 Å². The van der Waals surface area contributed by atoms with Gasteiger partial charge in [0.15, 0.2) is 5.60 Å². The third kappa shape index (κ3) is 17.8. The summed E-state index contributed by atoms with van der Waals surface area (Å²) < 4.78 is 21.9. The van der Waals surface area contributed by atoms with Crippen LogP contribution in [0.3, 0.4) is 0 Å². The zero-order chi connectivity index (χ0) is 18.4. The second-order valence-corrected chi connectivity index (χ2v) is 6.09. The van der Waals surface area contributed by atoms with E-state index >= 15 is 0 Å². The number of rotatable bonds is 7. The van der Waals surface area contributed by atoms with Crippen molar-refractivity contribution in [3.63, 3.8) is 0 Å².